The van der Waals surface area contributed by atoms with E-state index in [0.717, 1.165) is 13.1 Å². The van der Waals surface area contributed by atoms with Gasteiger partial charge in [-0.15, -0.1) is 0 Å². The molecule has 0 amide bonds. The monoisotopic (exact) mass is 303 g/mol. The van der Waals surface area contributed by atoms with Crippen LogP contribution in [0.15, 0.2) is 24.3 Å². The largest absolute Gasteiger partial charge is 0.372 e. The Morgan fingerprint density at radius 1 is 1.14 bits per heavy atom. The Balaban J connectivity index is 2.26. The van der Waals surface area contributed by atoms with Gasteiger partial charge in [0.2, 0.25) is 0 Å². The summed E-state index contributed by atoms with van der Waals surface area (Å²) >= 11 is 0. The number of benzene rings is 1. The lowest BCUT2D eigenvalue weighted by Gasteiger charge is -2.44. The Morgan fingerprint density at radius 3 is 2.23 bits per heavy atom. The maximum atomic E-state index is 6.12. The zero-order valence-electron chi connectivity index (χ0n) is 15.4. The molecule has 1 aliphatic heterocycles. The van der Waals surface area contributed by atoms with Crippen LogP contribution in [0.4, 0.5) is 0 Å². The van der Waals surface area contributed by atoms with Gasteiger partial charge in [0, 0.05) is 13.1 Å². The number of rotatable bonds is 3. The van der Waals surface area contributed by atoms with E-state index < -0.39 is 0 Å². The van der Waals surface area contributed by atoms with Crippen LogP contribution in [-0.4, -0.2) is 30.2 Å². The minimum absolute atomic E-state index is 0.208. The molecule has 3 unspecified atom stereocenters. The highest BCUT2D eigenvalue weighted by Crippen LogP contribution is 2.33. The van der Waals surface area contributed by atoms with Gasteiger partial charge in [0.25, 0.3) is 0 Å². The molecule has 1 aromatic rings. The lowest BCUT2D eigenvalue weighted by atomic mass is 9.85. The van der Waals surface area contributed by atoms with E-state index in [9.17, 15) is 0 Å². The average molecular weight is 303 g/mol. The SMILES string of the molecule is CC(C)CN1CC(C)OC(C)C1c1ccc(C(C)(C)C)cc1. The smallest absolute Gasteiger partial charge is 0.0748 e. The third-order valence-corrected chi connectivity index (χ3v) is 4.49. The zero-order valence-corrected chi connectivity index (χ0v) is 15.4. The molecule has 2 nitrogen and oxygen atoms in total. The van der Waals surface area contributed by atoms with Crippen molar-refractivity contribution in [3.05, 3.63) is 35.4 Å². The number of nitrogens with zero attached hydrogens (tertiary/aromatic N) is 1. The second-order valence-electron chi connectivity index (χ2n) is 8.32. The Hall–Kier alpha value is -0.860. The fraction of sp³-hybridized carbons (Fsp3) is 0.700. The Morgan fingerprint density at radius 2 is 1.73 bits per heavy atom. The molecule has 0 N–H and O–H groups in total. The predicted molar refractivity (Wildman–Crippen MR) is 94.3 cm³/mol. The van der Waals surface area contributed by atoms with Crippen molar-refractivity contribution in [1.29, 1.82) is 0 Å². The molecule has 0 saturated carbocycles. The molecule has 0 aromatic heterocycles. The summed E-state index contributed by atoms with van der Waals surface area (Å²) in [6, 6.07) is 9.54. The van der Waals surface area contributed by atoms with E-state index in [1.165, 1.54) is 11.1 Å². The van der Waals surface area contributed by atoms with Crippen LogP contribution in [0, 0.1) is 5.92 Å². The van der Waals surface area contributed by atoms with Crippen molar-refractivity contribution in [1.82, 2.24) is 4.90 Å². The molecule has 0 spiro atoms. The first-order valence-electron chi connectivity index (χ1n) is 8.68. The number of hydrogen-bond donors (Lipinski definition) is 0. The maximum absolute atomic E-state index is 6.12. The summed E-state index contributed by atoms with van der Waals surface area (Å²) in [6.45, 7) is 17.9. The molecule has 2 heteroatoms. The molecule has 3 atom stereocenters. The summed E-state index contributed by atoms with van der Waals surface area (Å²) < 4.78 is 6.12. The van der Waals surface area contributed by atoms with Crippen molar-refractivity contribution in [3.63, 3.8) is 0 Å². The highest BCUT2D eigenvalue weighted by Gasteiger charge is 2.34. The summed E-state index contributed by atoms with van der Waals surface area (Å²) in [7, 11) is 0. The lowest BCUT2D eigenvalue weighted by molar-refractivity contribution is -0.109. The van der Waals surface area contributed by atoms with Gasteiger partial charge in [-0.25, -0.2) is 0 Å². The minimum Gasteiger partial charge on any atom is -0.372 e. The van der Waals surface area contributed by atoms with Gasteiger partial charge < -0.3 is 4.74 Å². The molecule has 0 bridgehead atoms. The molecule has 0 radical (unpaired) electrons. The number of hydrogen-bond acceptors (Lipinski definition) is 2. The third-order valence-electron chi connectivity index (χ3n) is 4.49. The molecule has 124 valence electrons. The van der Waals surface area contributed by atoms with Crippen LogP contribution < -0.4 is 0 Å². The number of ether oxygens (including phenoxy) is 1. The van der Waals surface area contributed by atoms with E-state index in [4.69, 9.17) is 4.74 Å². The average Bonchev–Trinajstić information content (AvgIpc) is 2.36. The normalized spacial score (nSPS) is 27.4. The van der Waals surface area contributed by atoms with E-state index in [1.54, 1.807) is 0 Å². The van der Waals surface area contributed by atoms with E-state index >= 15 is 0 Å². The van der Waals surface area contributed by atoms with Crippen LogP contribution in [0.1, 0.15) is 65.6 Å². The van der Waals surface area contributed by atoms with Gasteiger partial charge >= 0.3 is 0 Å². The topological polar surface area (TPSA) is 12.5 Å². The lowest BCUT2D eigenvalue weighted by Crippen LogP contribution is -2.49. The van der Waals surface area contributed by atoms with Crippen molar-refractivity contribution >= 4 is 0 Å². The summed E-state index contributed by atoms with van der Waals surface area (Å²) in [5, 5.41) is 0. The fourth-order valence-corrected chi connectivity index (χ4v) is 3.54. The van der Waals surface area contributed by atoms with Crippen LogP contribution in [0.25, 0.3) is 0 Å². The number of morpholine rings is 1. The Bertz CT molecular complexity index is 469. The van der Waals surface area contributed by atoms with E-state index in [2.05, 4.69) is 77.6 Å². The zero-order chi connectivity index (χ0) is 16.5. The highest BCUT2D eigenvalue weighted by molar-refractivity contribution is 5.30. The molecule has 2 rings (SSSR count). The standard InChI is InChI=1S/C20H33NO/c1-14(2)12-21-13-15(3)22-16(4)19(21)17-8-10-18(11-9-17)20(5,6)7/h8-11,14-16,19H,12-13H2,1-7H3. The van der Waals surface area contributed by atoms with Crippen molar-refractivity contribution in [2.45, 2.75) is 72.1 Å². The van der Waals surface area contributed by atoms with Gasteiger partial charge in [0.15, 0.2) is 0 Å². The van der Waals surface area contributed by atoms with Crippen molar-refractivity contribution < 1.29 is 4.74 Å². The molecule has 1 aliphatic rings. The van der Waals surface area contributed by atoms with E-state index in [0.29, 0.717) is 18.1 Å². The van der Waals surface area contributed by atoms with E-state index in [1.807, 2.05) is 0 Å². The van der Waals surface area contributed by atoms with Crippen molar-refractivity contribution in [2.24, 2.45) is 5.92 Å². The van der Waals surface area contributed by atoms with Crippen molar-refractivity contribution in [2.75, 3.05) is 13.1 Å². The second kappa shape index (κ2) is 6.72. The van der Waals surface area contributed by atoms with E-state index in [-0.39, 0.29) is 11.5 Å². The van der Waals surface area contributed by atoms with Gasteiger partial charge in [0.1, 0.15) is 0 Å². The van der Waals surface area contributed by atoms with Crippen LogP contribution in [0.2, 0.25) is 0 Å². The Kier molecular flexibility index (Phi) is 5.34. The first kappa shape index (κ1) is 17.5. The molecule has 1 heterocycles. The van der Waals surface area contributed by atoms with Crippen LogP contribution >= 0.6 is 0 Å². The van der Waals surface area contributed by atoms with Crippen molar-refractivity contribution in [3.8, 4) is 0 Å². The highest BCUT2D eigenvalue weighted by atomic mass is 16.5. The maximum Gasteiger partial charge on any atom is 0.0748 e. The first-order valence-corrected chi connectivity index (χ1v) is 8.68. The summed E-state index contributed by atoms with van der Waals surface area (Å²) in [5.74, 6) is 0.675. The summed E-state index contributed by atoms with van der Waals surface area (Å²) in [5.41, 5.74) is 2.98. The molecule has 1 aromatic carbocycles. The van der Waals surface area contributed by atoms with Gasteiger partial charge in [-0.3, -0.25) is 4.90 Å². The van der Waals surface area contributed by atoms with Crippen LogP contribution in [0.3, 0.4) is 0 Å². The fourth-order valence-electron chi connectivity index (χ4n) is 3.54. The molecule has 1 fully saturated rings. The molecule has 0 aliphatic carbocycles. The van der Waals surface area contributed by atoms with Crippen LogP contribution in [-0.2, 0) is 10.2 Å². The van der Waals surface area contributed by atoms with Gasteiger partial charge in [-0.2, -0.15) is 0 Å². The molecular weight excluding hydrogens is 270 g/mol. The first-order chi connectivity index (χ1) is 10.2. The quantitative estimate of drug-likeness (QED) is 0.796. The summed E-state index contributed by atoms with van der Waals surface area (Å²) in [4.78, 5) is 2.61. The second-order valence-corrected chi connectivity index (χ2v) is 8.32. The molecule has 1 saturated heterocycles. The Labute approximate surface area is 136 Å². The minimum atomic E-state index is 0.208. The van der Waals surface area contributed by atoms with Gasteiger partial charge in [-0.1, -0.05) is 58.9 Å². The predicted octanol–water partition coefficient (Wildman–Crippen LogP) is 4.79. The summed E-state index contributed by atoms with van der Waals surface area (Å²) in [6.07, 6.45) is 0.557. The van der Waals surface area contributed by atoms with Gasteiger partial charge in [-0.05, 0) is 36.3 Å². The van der Waals surface area contributed by atoms with Gasteiger partial charge in [0.05, 0.1) is 18.2 Å². The molecule has 22 heavy (non-hydrogen) atoms. The molecular formula is C20H33NO. The van der Waals surface area contributed by atoms with Crippen LogP contribution in [0.5, 0.6) is 0 Å². The third kappa shape index (κ3) is 4.11.